The molecule has 0 aromatic carbocycles. The molecule has 0 unspecified atom stereocenters. The second kappa shape index (κ2) is 4.44. The number of aryl methyl sites for hydroxylation is 1. The van der Waals surface area contributed by atoms with Crippen molar-refractivity contribution >= 4 is 11.9 Å². The van der Waals surface area contributed by atoms with Crippen LogP contribution in [0.15, 0.2) is 10.6 Å². The average Bonchev–Trinajstić information content (AvgIpc) is 2.58. The average molecular weight is 240 g/mol. The van der Waals surface area contributed by atoms with Crippen LogP contribution in [-0.2, 0) is 9.59 Å². The highest BCUT2D eigenvalue weighted by Gasteiger charge is 2.35. The quantitative estimate of drug-likeness (QED) is 0.790. The zero-order chi connectivity index (χ0) is 12.4. The number of ether oxygens (including phenoxy) is 1. The van der Waals surface area contributed by atoms with Crippen LogP contribution in [-0.4, -0.2) is 46.7 Å². The van der Waals surface area contributed by atoms with E-state index in [9.17, 15) is 9.59 Å². The first-order valence-corrected chi connectivity index (χ1v) is 5.13. The topological polar surface area (TPSA) is 92.9 Å². The van der Waals surface area contributed by atoms with Crippen molar-refractivity contribution < 1.29 is 24.0 Å². The fourth-order valence-electron chi connectivity index (χ4n) is 1.48. The van der Waals surface area contributed by atoms with Gasteiger partial charge in [0.1, 0.15) is 5.76 Å². The summed E-state index contributed by atoms with van der Waals surface area (Å²) >= 11 is 0. The smallest absolute Gasteiger partial charge is 0.310 e. The second-order valence-electron chi connectivity index (χ2n) is 3.90. The van der Waals surface area contributed by atoms with Gasteiger partial charge >= 0.3 is 5.97 Å². The Hall–Kier alpha value is -2.05. The molecule has 1 aromatic rings. The van der Waals surface area contributed by atoms with Crippen LogP contribution in [0, 0.1) is 12.8 Å². The molecule has 0 saturated carbocycles. The summed E-state index contributed by atoms with van der Waals surface area (Å²) < 4.78 is 9.87. The number of hydrogen-bond acceptors (Lipinski definition) is 5. The Kier molecular flexibility index (Phi) is 2.99. The minimum Gasteiger partial charge on any atom is -0.481 e. The van der Waals surface area contributed by atoms with Gasteiger partial charge in [0, 0.05) is 19.2 Å². The Labute approximate surface area is 96.9 Å². The van der Waals surface area contributed by atoms with Crippen LogP contribution in [0.25, 0.3) is 0 Å². The number of nitrogens with zero attached hydrogens (tertiary/aromatic N) is 2. The molecule has 0 radical (unpaired) electrons. The number of aliphatic carboxylic acids is 1. The molecule has 7 nitrogen and oxygen atoms in total. The molecule has 0 aliphatic carbocycles. The number of likely N-dealkylation sites (tertiary alicyclic amines) is 1. The van der Waals surface area contributed by atoms with Crippen molar-refractivity contribution in [1.29, 1.82) is 0 Å². The van der Waals surface area contributed by atoms with Crippen molar-refractivity contribution in [2.45, 2.75) is 6.92 Å². The SMILES string of the molecule is Cc1cc(OCC(=O)N2CC(C(=O)O)C2)no1. The van der Waals surface area contributed by atoms with Crippen molar-refractivity contribution in [3.8, 4) is 5.88 Å². The highest BCUT2D eigenvalue weighted by atomic mass is 16.5. The number of hydrogen-bond donors (Lipinski definition) is 1. The van der Waals surface area contributed by atoms with E-state index >= 15 is 0 Å². The number of rotatable bonds is 4. The summed E-state index contributed by atoms with van der Waals surface area (Å²) in [5, 5.41) is 12.2. The molecule has 7 heteroatoms. The van der Waals surface area contributed by atoms with Crippen LogP contribution in [0.1, 0.15) is 5.76 Å². The van der Waals surface area contributed by atoms with Crippen LogP contribution in [0.2, 0.25) is 0 Å². The lowest BCUT2D eigenvalue weighted by molar-refractivity contribution is -0.153. The summed E-state index contributed by atoms with van der Waals surface area (Å²) in [7, 11) is 0. The van der Waals surface area contributed by atoms with Gasteiger partial charge in [0.25, 0.3) is 11.8 Å². The molecular formula is C10H12N2O5. The van der Waals surface area contributed by atoms with Crippen molar-refractivity contribution in [3.05, 3.63) is 11.8 Å². The molecule has 0 spiro atoms. The van der Waals surface area contributed by atoms with Gasteiger partial charge in [0.15, 0.2) is 6.61 Å². The lowest BCUT2D eigenvalue weighted by Gasteiger charge is -2.36. The van der Waals surface area contributed by atoms with E-state index in [2.05, 4.69) is 5.16 Å². The normalized spacial score (nSPS) is 15.5. The zero-order valence-corrected chi connectivity index (χ0v) is 9.25. The number of aromatic nitrogens is 1. The van der Waals surface area contributed by atoms with Crippen LogP contribution in [0.3, 0.4) is 0 Å². The fourth-order valence-corrected chi connectivity index (χ4v) is 1.48. The van der Waals surface area contributed by atoms with Gasteiger partial charge in [-0.15, -0.1) is 0 Å². The van der Waals surface area contributed by atoms with E-state index in [1.165, 1.54) is 4.90 Å². The zero-order valence-electron chi connectivity index (χ0n) is 9.25. The van der Waals surface area contributed by atoms with E-state index in [1.807, 2.05) is 0 Å². The maximum absolute atomic E-state index is 11.5. The molecule has 2 heterocycles. The molecule has 1 amide bonds. The molecule has 1 aliphatic rings. The van der Waals surface area contributed by atoms with Gasteiger partial charge in [0.05, 0.1) is 5.92 Å². The predicted octanol–water partition coefficient (Wildman–Crippen LogP) is -0.0952. The van der Waals surface area contributed by atoms with Crippen molar-refractivity contribution in [2.75, 3.05) is 19.7 Å². The Balaban J connectivity index is 1.74. The molecule has 1 fully saturated rings. The van der Waals surface area contributed by atoms with Crippen LogP contribution in [0.5, 0.6) is 5.88 Å². The van der Waals surface area contributed by atoms with E-state index in [1.54, 1.807) is 13.0 Å². The minimum absolute atomic E-state index is 0.154. The van der Waals surface area contributed by atoms with Gasteiger partial charge in [-0.2, -0.15) is 0 Å². The Morgan fingerprint density at radius 3 is 2.88 bits per heavy atom. The third kappa shape index (κ3) is 2.55. The summed E-state index contributed by atoms with van der Waals surface area (Å²) in [6.45, 7) is 2.05. The molecule has 17 heavy (non-hydrogen) atoms. The summed E-state index contributed by atoms with van der Waals surface area (Å²) in [6.07, 6.45) is 0. The molecule has 0 atom stereocenters. The lowest BCUT2D eigenvalue weighted by Crippen LogP contribution is -2.54. The molecule has 1 aromatic heterocycles. The molecule has 1 N–H and O–H groups in total. The monoisotopic (exact) mass is 240 g/mol. The molecule has 1 aliphatic heterocycles. The summed E-state index contributed by atoms with van der Waals surface area (Å²) in [6, 6.07) is 1.57. The van der Waals surface area contributed by atoms with Crippen LogP contribution < -0.4 is 4.74 Å². The van der Waals surface area contributed by atoms with Gasteiger partial charge in [-0.3, -0.25) is 9.59 Å². The van der Waals surface area contributed by atoms with E-state index in [4.69, 9.17) is 14.4 Å². The Morgan fingerprint density at radius 1 is 1.65 bits per heavy atom. The first-order chi connectivity index (χ1) is 8.06. The maximum atomic E-state index is 11.5. The van der Waals surface area contributed by atoms with Crippen molar-refractivity contribution in [3.63, 3.8) is 0 Å². The lowest BCUT2D eigenvalue weighted by atomic mass is 10.0. The van der Waals surface area contributed by atoms with Gasteiger partial charge in [-0.25, -0.2) is 0 Å². The standard InChI is InChI=1S/C10H12N2O5/c1-6-2-8(11-17-6)16-5-9(13)12-3-7(4-12)10(14)15/h2,7H,3-5H2,1H3,(H,14,15). The van der Waals surface area contributed by atoms with Crippen LogP contribution >= 0.6 is 0 Å². The van der Waals surface area contributed by atoms with Gasteiger partial charge in [-0.1, -0.05) is 0 Å². The summed E-state index contributed by atoms with van der Waals surface area (Å²) in [5.74, 6) is -0.716. The molecule has 92 valence electrons. The van der Waals surface area contributed by atoms with E-state index in [0.717, 1.165) is 0 Å². The first-order valence-electron chi connectivity index (χ1n) is 5.13. The van der Waals surface area contributed by atoms with Gasteiger partial charge in [-0.05, 0) is 12.1 Å². The minimum atomic E-state index is -0.873. The first kappa shape index (κ1) is 11.4. The van der Waals surface area contributed by atoms with E-state index in [-0.39, 0.29) is 31.5 Å². The molecule has 2 rings (SSSR count). The van der Waals surface area contributed by atoms with Gasteiger partial charge < -0.3 is 19.3 Å². The largest absolute Gasteiger partial charge is 0.481 e. The third-order valence-electron chi connectivity index (χ3n) is 2.53. The molecular weight excluding hydrogens is 228 g/mol. The summed E-state index contributed by atoms with van der Waals surface area (Å²) in [5.41, 5.74) is 0. The Morgan fingerprint density at radius 2 is 2.35 bits per heavy atom. The van der Waals surface area contributed by atoms with Crippen molar-refractivity contribution in [1.82, 2.24) is 10.1 Å². The molecule has 1 saturated heterocycles. The number of amides is 1. The van der Waals surface area contributed by atoms with E-state index < -0.39 is 11.9 Å². The highest BCUT2D eigenvalue weighted by Crippen LogP contribution is 2.16. The maximum Gasteiger partial charge on any atom is 0.310 e. The highest BCUT2D eigenvalue weighted by molar-refractivity contribution is 5.81. The van der Waals surface area contributed by atoms with Gasteiger partial charge in [0.2, 0.25) is 0 Å². The number of carbonyl (C=O) groups is 2. The van der Waals surface area contributed by atoms with E-state index in [0.29, 0.717) is 5.76 Å². The number of carbonyl (C=O) groups excluding carboxylic acids is 1. The Bertz CT molecular complexity index is 436. The number of carboxylic acids is 1. The summed E-state index contributed by atoms with van der Waals surface area (Å²) in [4.78, 5) is 23.5. The predicted molar refractivity (Wildman–Crippen MR) is 54.4 cm³/mol. The fraction of sp³-hybridized carbons (Fsp3) is 0.500. The number of carboxylic acid groups (broad SMARTS) is 1. The van der Waals surface area contributed by atoms with Crippen LogP contribution in [0.4, 0.5) is 0 Å². The molecule has 0 bridgehead atoms. The second-order valence-corrected chi connectivity index (χ2v) is 3.90. The van der Waals surface area contributed by atoms with Crippen molar-refractivity contribution in [2.24, 2.45) is 5.92 Å². The third-order valence-corrected chi connectivity index (χ3v) is 2.53.